The third-order valence-corrected chi connectivity index (χ3v) is 5.37. The van der Waals surface area contributed by atoms with E-state index in [4.69, 9.17) is 5.73 Å². The van der Waals surface area contributed by atoms with Crippen LogP contribution in [0.4, 0.5) is 5.13 Å². The van der Waals surface area contributed by atoms with E-state index in [1.165, 1.54) is 30.6 Å². The first kappa shape index (κ1) is 11.2. The van der Waals surface area contributed by atoms with Gasteiger partial charge in [-0.25, -0.2) is 0 Å². The second-order valence-electron chi connectivity index (χ2n) is 4.41. The summed E-state index contributed by atoms with van der Waals surface area (Å²) in [6, 6.07) is 0. The molecule has 0 radical (unpaired) electrons. The summed E-state index contributed by atoms with van der Waals surface area (Å²) in [5, 5.41) is 9.19. The van der Waals surface area contributed by atoms with Gasteiger partial charge in [0.1, 0.15) is 0 Å². The lowest BCUT2D eigenvalue weighted by Gasteiger charge is -2.30. The van der Waals surface area contributed by atoms with Gasteiger partial charge < -0.3 is 5.73 Å². The number of anilines is 1. The monoisotopic (exact) mass is 243 g/mol. The Balaban J connectivity index is 1.90. The molecule has 3 nitrogen and oxygen atoms in total. The number of hydrogen-bond donors (Lipinski definition) is 1. The molecular weight excluding hydrogens is 226 g/mol. The summed E-state index contributed by atoms with van der Waals surface area (Å²) in [6.45, 7) is 4.71. The van der Waals surface area contributed by atoms with E-state index in [0.29, 0.717) is 10.4 Å². The molecule has 0 saturated heterocycles. The number of nitrogens with two attached hydrogens (primary N) is 1. The van der Waals surface area contributed by atoms with E-state index in [1.54, 1.807) is 0 Å². The highest BCUT2D eigenvalue weighted by atomic mass is 32.2. The Morgan fingerprint density at radius 3 is 2.67 bits per heavy atom. The summed E-state index contributed by atoms with van der Waals surface area (Å²) in [6.07, 6.45) is 3.94. The van der Waals surface area contributed by atoms with Crippen molar-refractivity contribution in [2.75, 3.05) is 5.73 Å². The van der Waals surface area contributed by atoms with Crippen molar-refractivity contribution >= 4 is 28.2 Å². The first-order valence-electron chi connectivity index (χ1n) is 5.40. The molecule has 3 unspecified atom stereocenters. The molecule has 1 aliphatic rings. The minimum atomic E-state index is 0.578. The zero-order chi connectivity index (χ0) is 10.8. The van der Waals surface area contributed by atoms with Crippen molar-refractivity contribution in [3.05, 3.63) is 0 Å². The van der Waals surface area contributed by atoms with Crippen LogP contribution in [0.2, 0.25) is 0 Å². The molecule has 0 aromatic carbocycles. The third kappa shape index (κ3) is 2.84. The molecule has 1 fully saturated rings. The third-order valence-electron chi connectivity index (χ3n) is 3.24. The molecule has 84 valence electrons. The van der Waals surface area contributed by atoms with Crippen LogP contribution in [0.1, 0.15) is 33.1 Å². The molecule has 0 bridgehead atoms. The number of nitrogen functional groups attached to an aromatic ring is 1. The molecule has 3 atom stereocenters. The largest absolute Gasteiger partial charge is 0.374 e. The lowest BCUT2D eigenvalue weighted by atomic mass is 9.81. The van der Waals surface area contributed by atoms with Crippen molar-refractivity contribution in [2.45, 2.75) is 42.7 Å². The van der Waals surface area contributed by atoms with Crippen LogP contribution >= 0.6 is 23.1 Å². The number of aromatic nitrogens is 2. The van der Waals surface area contributed by atoms with Crippen LogP contribution in [0, 0.1) is 11.8 Å². The highest BCUT2D eigenvalue weighted by Crippen LogP contribution is 2.39. The van der Waals surface area contributed by atoms with Crippen LogP contribution in [-0.2, 0) is 0 Å². The molecule has 0 spiro atoms. The second kappa shape index (κ2) is 4.70. The summed E-state index contributed by atoms with van der Waals surface area (Å²) in [7, 11) is 0. The van der Waals surface area contributed by atoms with Crippen LogP contribution in [0.5, 0.6) is 0 Å². The van der Waals surface area contributed by atoms with Gasteiger partial charge >= 0.3 is 0 Å². The van der Waals surface area contributed by atoms with E-state index >= 15 is 0 Å². The van der Waals surface area contributed by atoms with Crippen molar-refractivity contribution in [1.82, 2.24) is 10.2 Å². The van der Waals surface area contributed by atoms with Crippen molar-refractivity contribution in [2.24, 2.45) is 11.8 Å². The van der Waals surface area contributed by atoms with Crippen LogP contribution < -0.4 is 5.73 Å². The van der Waals surface area contributed by atoms with Crippen molar-refractivity contribution < 1.29 is 0 Å². The van der Waals surface area contributed by atoms with E-state index in [9.17, 15) is 0 Å². The van der Waals surface area contributed by atoms with Crippen molar-refractivity contribution in [3.63, 3.8) is 0 Å². The fourth-order valence-corrected chi connectivity index (χ4v) is 4.24. The fraction of sp³-hybridized carbons (Fsp3) is 0.800. The summed E-state index contributed by atoms with van der Waals surface area (Å²) in [5.74, 6) is 1.71. The lowest BCUT2D eigenvalue weighted by molar-refractivity contribution is 0.283. The molecule has 1 heterocycles. The van der Waals surface area contributed by atoms with E-state index in [0.717, 1.165) is 16.2 Å². The van der Waals surface area contributed by atoms with Gasteiger partial charge in [0.2, 0.25) is 5.13 Å². The second-order valence-corrected chi connectivity index (χ2v) is 6.97. The number of nitrogens with zero attached hydrogens (tertiary/aromatic N) is 2. The topological polar surface area (TPSA) is 51.8 Å². The summed E-state index contributed by atoms with van der Waals surface area (Å²) in [4.78, 5) is 0. The van der Waals surface area contributed by atoms with Gasteiger partial charge in [-0.05, 0) is 31.1 Å². The zero-order valence-corrected chi connectivity index (χ0v) is 10.8. The fourth-order valence-electron chi connectivity index (χ4n) is 2.02. The molecular formula is C10H17N3S2. The highest BCUT2D eigenvalue weighted by Gasteiger charge is 2.25. The Morgan fingerprint density at radius 2 is 2.07 bits per heavy atom. The maximum absolute atomic E-state index is 5.56. The van der Waals surface area contributed by atoms with Gasteiger partial charge in [-0.3, -0.25) is 0 Å². The SMILES string of the molecule is CC1CCC(Sc2nnc(N)s2)CC1C. The summed E-state index contributed by atoms with van der Waals surface area (Å²) >= 11 is 3.36. The summed E-state index contributed by atoms with van der Waals surface area (Å²) in [5.41, 5.74) is 5.56. The molecule has 1 aromatic rings. The van der Waals surface area contributed by atoms with Gasteiger partial charge in [0, 0.05) is 5.25 Å². The maximum Gasteiger partial charge on any atom is 0.203 e. The van der Waals surface area contributed by atoms with E-state index in [2.05, 4.69) is 24.0 Å². The zero-order valence-electron chi connectivity index (χ0n) is 9.14. The van der Waals surface area contributed by atoms with Gasteiger partial charge in [-0.15, -0.1) is 10.2 Å². The summed E-state index contributed by atoms with van der Waals surface area (Å²) < 4.78 is 1.03. The Morgan fingerprint density at radius 1 is 1.27 bits per heavy atom. The lowest BCUT2D eigenvalue weighted by Crippen LogP contribution is -2.22. The molecule has 1 aromatic heterocycles. The Labute approximate surface area is 98.9 Å². The average molecular weight is 243 g/mol. The Bertz CT molecular complexity index is 326. The number of thioether (sulfide) groups is 1. The van der Waals surface area contributed by atoms with Gasteiger partial charge in [0.05, 0.1) is 0 Å². The molecule has 0 aliphatic heterocycles. The van der Waals surface area contributed by atoms with Gasteiger partial charge in [-0.2, -0.15) is 0 Å². The Kier molecular flexibility index (Phi) is 3.51. The first-order chi connectivity index (χ1) is 7.15. The van der Waals surface area contributed by atoms with Crippen LogP contribution in [0.3, 0.4) is 0 Å². The van der Waals surface area contributed by atoms with Crippen LogP contribution in [-0.4, -0.2) is 15.4 Å². The quantitative estimate of drug-likeness (QED) is 0.867. The predicted octanol–water partition coefficient (Wildman–Crippen LogP) is 3.04. The predicted molar refractivity (Wildman–Crippen MR) is 66.1 cm³/mol. The Hall–Kier alpha value is -0.290. The number of hydrogen-bond acceptors (Lipinski definition) is 5. The van der Waals surface area contributed by atoms with Crippen LogP contribution in [0.15, 0.2) is 4.34 Å². The standard InChI is InChI=1S/C10H17N3S2/c1-6-3-4-8(5-7(6)2)14-10-13-12-9(11)15-10/h6-8H,3-5H2,1-2H3,(H2,11,12). The number of rotatable bonds is 2. The van der Waals surface area contributed by atoms with Gasteiger partial charge in [0.15, 0.2) is 4.34 Å². The average Bonchev–Trinajstić information content (AvgIpc) is 2.58. The molecule has 1 saturated carbocycles. The molecule has 15 heavy (non-hydrogen) atoms. The van der Waals surface area contributed by atoms with Crippen LogP contribution in [0.25, 0.3) is 0 Å². The van der Waals surface area contributed by atoms with Gasteiger partial charge in [0.25, 0.3) is 0 Å². The normalized spacial score (nSPS) is 31.7. The van der Waals surface area contributed by atoms with Crippen molar-refractivity contribution in [1.29, 1.82) is 0 Å². The first-order valence-corrected chi connectivity index (χ1v) is 7.10. The minimum Gasteiger partial charge on any atom is -0.374 e. The smallest absolute Gasteiger partial charge is 0.203 e. The maximum atomic E-state index is 5.56. The van der Waals surface area contributed by atoms with E-state index < -0.39 is 0 Å². The van der Waals surface area contributed by atoms with E-state index in [-0.39, 0.29) is 0 Å². The minimum absolute atomic E-state index is 0.578. The highest BCUT2D eigenvalue weighted by molar-refractivity contribution is 8.01. The molecule has 0 amide bonds. The molecule has 5 heteroatoms. The molecule has 2 rings (SSSR count). The van der Waals surface area contributed by atoms with Gasteiger partial charge in [-0.1, -0.05) is 36.9 Å². The van der Waals surface area contributed by atoms with E-state index in [1.807, 2.05) is 11.8 Å². The van der Waals surface area contributed by atoms with Crippen molar-refractivity contribution in [3.8, 4) is 0 Å². The molecule has 2 N–H and O–H groups in total. The molecule has 1 aliphatic carbocycles.